The Balaban J connectivity index is 3.06. The topological polar surface area (TPSA) is 3.24 Å². The zero-order chi connectivity index (χ0) is 12.3. The number of halogens is 2. The molecule has 1 aromatic rings. The summed E-state index contributed by atoms with van der Waals surface area (Å²) in [5, 5.41) is 0.767. The maximum Gasteiger partial charge on any atom is 0.0568 e. The van der Waals surface area contributed by atoms with Gasteiger partial charge in [-0.1, -0.05) is 18.5 Å². The van der Waals surface area contributed by atoms with Gasteiger partial charge in [0.05, 0.1) is 5.02 Å². The highest BCUT2D eigenvalue weighted by molar-refractivity contribution is 9.10. The Kier molecular flexibility index (Phi) is 4.69. The van der Waals surface area contributed by atoms with E-state index in [1.807, 2.05) is 12.1 Å². The maximum absolute atomic E-state index is 6.13. The van der Waals surface area contributed by atoms with Crippen LogP contribution in [0, 0.1) is 0 Å². The molecule has 0 saturated heterocycles. The molecule has 0 unspecified atom stereocenters. The van der Waals surface area contributed by atoms with Crippen LogP contribution in [-0.4, -0.2) is 12.1 Å². The molecule has 90 valence electrons. The first kappa shape index (κ1) is 13.9. The van der Waals surface area contributed by atoms with Gasteiger partial charge in [-0.3, -0.25) is 0 Å². The molecular formula is C13H19BrClN. The monoisotopic (exact) mass is 303 g/mol. The molecular weight excluding hydrogens is 286 g/mol. The van der Waals surface area contributed by atoms with Crippen molar-refractivity contribution in [1.82, 2.24) is 0 Å². The molecule has 0 aliphatic carbocycles. The van der Waals surface area contributed by atoms with Gasteiger partial charge in [0.2, 0.25) is 0 Å². The molecule has 1 rings (SSSR count). The molecule has 16 heavy (non-hydrogen) atoms. The summed E-state index contributed by atoms with van der Waals surface area (Å²) in [6.07, 6.45) is 1.13. The fourth-order valence-electron chi connectivity index (χ4n) is 1.73. The van der Waals surface area contributed by atoms with Crippen LogP contribution in [0.4, 0.5) is 5.69 Å². The van der Waals surface area contributed by atoms with Crippen LogP contribution in [0.5, 0.6) is 0 Å². The largest absolute Gasteiger partial charge is 0.367 e. The first-order valence-electron chi connectivity index (χ1n) is 5.59. The Hall–Kier alpha value is -0.210. The van der Waals surface area contributed by atoms with Crippen LogP contribution in [0.25, 0.3) is 0 Å². The molecule has 0 spiro atoms. The lowest BCUT2D eigenvalue weighted by atomic mass is 10.0. The summed E-state index contributed by atoms with van der Waals surface area (Å²) < 4.78 is 0.947. The molecule has 0 fully saturated rings. The van der Waals surface area contributed by atoms with Crippen LogP contribution >= 0.6 is 27.5 Å². The van der Waals surface area contributed by atoms with Crippen molar-refractivity contribution in [2.75, 3.05) is 11.4 Å². The predicted octanol–water partition coefficient (Wildman–Crippen LogP) is 5.12. The minimum Gasteiger partial charge on any atom is -0.367 e. The molecule has 0 N–H and O–H groups in total. The van der Waals surface area contributed by atoms with E-state index in [9.17, 15) is 0 Å². The fourth-order valence-corrected chi connectivity index (χ4v) is 2.15. The molecule has 0 aliphatic heterocycles. The summed E-state index contributed by atoms with van der Waals surface area (Å²) in [5.41, 5.74) is 1.30. The molecule has 0 radical (unpaired) electrons. The van der Waals surface area contributed by atoms with E-state index in [4.69, 9.17) is 11.6 Å². The quantitative estimate of drug-likeness (QED) is 0.749. The van der Waals surface area contributed by atoms with Crippen LogP contribution in [-0.2, 0) is 0 Å². The average Bonchev–Trinajstić information content (AvgIpc) is 2.17. The number of anilines is 1. The van der Waals surface area contributed by atoms with Crippen molar-refractivity contribution in [3.8, 4) is 0 Å². The van der Waals surface area contributed by atoms with Crippen molar-refractivity contribution in [3.63, 3.8) is 0 Å². The molecule has 0 aliphatic rings. The second kappa shape index (κ2) is 5.42. The summed E-state index contributed by atoms with van der Waals surface area (Å²) in [4.78, 5) is 2.38. The number of hydrogen-bond acceptors (Lipinski definition) is 1. The van der Waals surface area contributed by atoms with Gasteiger partial charge >= 0.3 is 0 Å². The summed E-state index contributed by atoms with van der Waals surface area (Å²) in [5.74, 6) is 0. The zero-order valence-corrected chi connectivity index (χ0v) is 12.7. The van der Waals surface area contributed by atoms with Gasteiger partial charge in [0, 0.05) is 22.2 Å². The number of hydrogen-bond donors (Lipinski definition) is 0. The Bertz CT molecular complexity index is 357. The molecule has 0 amide bonds. The molecule has 0 heterocycles. The molecule has 0 saturated carbocycles. The summed E-state index contributed by atoms with van der Waals surface area (Å²) in [7, 11) is 0. The van der Waals surface area contributed by atoms with Gasteiger partial charge in [-0.25, -0.2) is 0 Å². The van der Waals surface area contributed by atoms with Crippen molar-refractivity contribution in [3.05, 3.63) is 27.7 Å². The third kappa shape index (κ3) is 3.39. The van der Waals surface area contributed by atoms with E-state index in [0.29, 0.717) is 0 Å². The lowest BCUT2D eigenvalue weighted by Gasteiger charge is -2.37. The Morgan fingerprint density at radius 1 is 1.31 bits per heavy atom. The van der Waals surface area contributed by atoms with Crippen molar-refractivity contribution >= 4 is 33.2 Å². The highest BCUT2D eigenvalue weighted by Crippen LogP contribution is 2.30. The maximum atomic E-state index is 6.13. The molecule has 1 nitrogen and oxygen atoms in total. The summed E-state index contributed by atoms with van der Waals surface area (Å²) >= 11 is 9.55. The van der Waals surface area contributed by atoms with Crippen LogP contribution in [0.2, 0.25) is 5.02 Å². The first-order chi connectivity index (χ1) is 7.36. The molecule has 3 heteroatoms. The lowest BCUT2D eigenvalue weighted by Crippen LogP contribution is -2.42. The van der Waals surface area contributed by atoms with E-state index in [2.05, 4.69) is 54.6 Å². The van der Waals surface area contributed by atoms with Crippen LogP contribution in [0.3, 0.4) is 0 Å². The van der Waals surface area contributed by atoms with E-state index < -0.39 is 0 Å². The van der Waals surface area contributed by atoms with Gasteiger partial charge in [0.25, 0.3) is 0 Å². The molecule has 0 bridgehead atoms. The SMILES string of the molecule is CCCN(c1ccc(Br)c(Cl)c1)C(C)(C)C. The Morgan fingerprint density at radius 2 is 1.94 bits per heavy atom. The average molecular weight is 305 g/mol. The summed E-state index contributed by atoms with van der Waals surface area (Å²) in [6, 6.07) is 6.13. The highest BCUT2D eigenvalue weighted by Gasteiger charge is 2.21. The third-order valence-corrected chi connectivity index (χ3v) is 3.70. The minimum atomic E-state index is 0.118. The van der Waals surface area contributed by atoms with Crippen molar-refractivity contribution in [2.24, 2.45) is 0 Å². The van der Waals surface area contributed by atoms with E-state index in [-0.39, 0.29) is 5.54 Å². The van der Waals surface area contributed by atoms with E-state index in [1.54, 1.807) is 0 Å². The lowest BCUT2D eigenvalue weighted by molar-refractivity contribution is 0.501. The molecule has 1 aromatic carbocycles. The van der Waals surface area contributed by atoms with Crippen molar-refractivity contribution in [1.29, 1.82) is 0 Å². The van der Waals surface area contributed by atoms with Crippen LogP contribution in [0.15, 0.2) is 22.7 Å². The van der Waals surface area contributed by atoms with Crippen molar-refractivity contribution in [2.45, 2.75) is 39.7 Å². The van der Waals surface area contributed by atoms with Gasteiger partial charge in [-0.15, -0.1) is 0 Å². The smallest absolute Gasteiger partial charge is 0.0568 e. The van der Waals surface area contributed by atoms with Crippen LogP contribution in [0.1, 0.15) is 34.1 Å². The second-order valence-electron chi connectivity index (χ2n) is 4.92. The van der Waals surface area contributed by atoms with Gasteiger partial charge in [-0.05, 0) is 61.3 Å². The second-order valence-corrected chi connectivity index (χ2v) is 6.18. The number of nitrogens with zero attached hydrogens (tertiary/aromatic N) is 1. The Labute approximate surface area is 112 Å². The predicted molar refractivity (Wildman–Crippen MR) is 76.5 cm³/mol. The van der Waals surface area contributed by atoms with Gasteiger partial charge < -0.3 is 4.90 Å². The van der Waals surface area contributed by atoms with Gasteiger partial charge in [0.1, 0.15) is 0 Å². The molecule has 0 aromatic heterocycles. The third-order valence-electron chi connectivity index (χ3n) is 2.47. The Morgan fingerprint density at radius 3 is 2.38 bits per heavy atom. The van der Waals surface area contributed by atoms with Crippen molar-refractivity contribution < 1.29 is 0 Å². The van der Waals surface area contributed by atoms with Crippen LogP contribution < -0.4 is 4.90 Å². The zero-order valence-electron chi connectivity index (χ0n) is 10.3. The summed E-state index contributed by atoms with van der Waals surface area (Å²) in [6.45, 7) is 9.90. The number of rotatable bonds is 3. The first-order valence-corrected chi connectivity index (χ1v) is 6.76. The fraction of sp³-hybridized carbons (Fsp3) is 0.538. The minimum absolute atomic E-state index is 0.118. The highest BCUT2D eigenvalue weighted by atomic mass is 79.9. The van der Waals surface area contributed by atoms with E-state index >= 15 is 0 Å². The van der Waals surface area contributed by atoms with E-state index in [0.717, 1.165) is 22.5 Å². The van der Waals surface area contributed by atoms with E-state index in [1.165, 1.54) is 5.69 Å². The van der Waals surface area contributed by atoms with Gasteiger partial charge in [-0.2, -0.15) is 0 Å². The number of benzene rings is 1. The molecule has 0 atom stereocenters. The normalized spacial score (nSPS) is 11.6. The van der Waals surface area contributed by atoms with Gasteiger partial charge in [0.15, 0.2) is 0 Å². The standard InChI is InChI=1S/C13H19BrClN/c1-5-8-16(13(2,3)4)10-6-7-11(14)12(15)9-10/h6-7,9H,5,8H2,1-4H3.